The summed E-state index contributed by atoms with van der Waals surface area (Å²) in [5, 5.41) is 6.65. The van der Waals surface area contributed by atoms with Crippen LogP contribution in [0, 0.1) is 13.8 Å². The van der Waals surface area contributed by atoms with Gasteiger partial charge in [-0.1, -0.05) is 11.2 Å². The van der Waals surface area contributed by atoms with Crippen molar-refractivity contribution in [1.82, 2.24) is 10.5 Å². The molecule has 2 heterocycles. The molecule has 1 aliphatic rings. The average Bonchev–Trinajstić information content (AvgIpc) is 3.05. The van der Waals surface area contributed by atoms with E-state index < -0.39 is 0 Å². The lowest BCUT2D eigenvalue weighted by Gasteiger charge is -2.06. The first-order chi connectivity index (χ1) is 10.1. The Kier molecular flexibility index (Phi) is 3.51. The van der Waals surface area contributed by atoms with Crippen molar-refractivity contribution in [3.05, 3.63) is 40.8 Å². The van der Waals surface area contributed by atoms with E-state index in [2.05, 4.69) is 10.5 Å². The molecule has 6 nitrogen and oxygen atoms in total. The van der Waals surface area contributed by atoms with Crippen molar-refractivity contribution in [3.8, 4) is 11.5 Å². The van der Waals surface area contributed by atoms with Crippen LogP contribution in [-0.2, 0) is 6.42 Å². The SMILES string of the molecule is Cc1noc(C)c1C(=O)NCCc1ccc2c(c1)OCO2. The Morgan fingerprint density at radius 2 is 2.10 bits per heavy atom. The monoisotopic (exact) mass is 288 g/mol. The molecule has 1 N–H and O–H groups in total. The van der Waals surface area contributed by atoms with E-state index in [-0.39, 0.29) is 12.7 Å². The number of hydrogen-bond donors (Lipinski definition) is 1. The van der Waals surface area contributed by atoms with Crippen LogP contribution in [0.1, 0.15) is 27.4 Å². The molecule has 3 rings (SSSR count). The maximum absolute atomic E-state index is 12.1. The molecule has 0 aliphatic carbocycles. The number of benzene rings is 1. The van der Waals surface area contributed by atoms with E-state index in [9.17, 15) is 4.79 Å². The fraction of sp³-hybridized carbons (Fsp3) is 0.333. The fourth-order valence-corrected chi connectivity index (χ4v) is 2.31. The highest BCUT2D eigenvalue weighted by Crippen LogP contribution is 2.32. The number of nitrogens with zero attached hydrogens (tertiary/aromatic N) is 1. The summed E-state index contributed by atoms with van der Waals surface area (Å²) in [6.07, 6.45) is 0.714. The van der Waals surface area contributed by atoms with Crippen LogP contribution in [0.25, 0.3) is 0 Å². The molecule has 0 atom stereocenters. The second-order valence-electron chi connectivity index (χ2n) is 4.89. The number of fused-ring (bicyclic) bond motifs is 1. The minimum absolute atomic E-state index is 0.160. The fourth-order valence-electron chi connectivity index (χ4n) is 2.31. The molecule has 0 unspecified atom stereocenters. The molecular formula is C15H16N2O4. The Morgan fingerprint density at radius 3 is 2.86 bits per heavy atom. The van der Waals surface area contributed by atoms with Gasteiger partial charge in [-0.05, 0) is 38.0 Å². The van der Waals surface area contributed by atoms with Gasteiger partial charge in [0.1, 0.15) is 11.3 Å². The van der Waals surface area contributed by atoms with Crippen molar-refractivity contribution in [2.24, 2.45) is 0 Å². The Labute approximate surface area is 122 Å². The third-order valence-electron chi connectivity index (χ3n) is 3.40. The molecule has 21 heavy (non-hydrogen) atoms. The maximum Gasteiger partial charge on any atom is 0.256 e. The van der Waals surface area contributed by atoms with Crippen LogP contribution in [0.3, 0.4) is 0 Å². The number of aryl methyl sites for hydroxylation is 2. The zero-order valence-electron chi connectivity index (χ0n) is 11.9. The summed E-state index contributed by atoms with van der Waals surface area (Å²) in [7, 11) is 0. The maximum atomic E-state index is 12.1. The van der Waals surface area contributed by atoms with Gasteiger partial charge < -0.3 is 19.3 Å². The molecule has 0 saturated carbocycles. The summed E-state index contributed by atoms with van der Waals surface area (Å²) >= 11 is 0. The van der Waals surface area contributed by atoms with Gasteiger partial charge in [0.25, 0.3) is 5.91 Å². The summed E-state index contributed by atoms with van der Waals surface area (Å²) in [5.41, 5.74) is 2.20. The number of carbonyl (C=O) groups excluding carboxylic acids is 1. The summed E-state index contributed by atoms with van der Waals surface area (Å²) in [5.74, 6) is 1.89. The molecule has 1 amide bonds. The van der Waals surface area contributed by atoms with Crippen LogP contribution in [0.15, 0.2) is 22.7 Å². The lowest BCUT2D eigenvalue weighted by atomic mass is 10.1. The predicted octanol–water partition coefficient (Wildman–Crippen LogP) is 1.99. The lowest BCUT2D eigenvalue weighted by molar-refractivity contribution is 0.0952. The Bertz CT molecular complexity index is 659. The molecule has 2 aromatic rings. The number of hydrogen-bond acceptors (Lipinski definition) is 5. The molecule has 0 saturated heterocycles. The first-order valence-corrected chi connectivity index (χ1v) is 6.75. The van der Waals surface area contributed by atoms with Crippen LogP contribution in [0.5, 0.6) is 11.5 Å². The lowest BCUT2D eigenvalue weighted by Crippen LogP contribution is -2.26. The van der Waals surface area contributed by atoms with Gasteiger partial charge in [0.05, 0.1) is 5.69 Å². The molecule has 110 valence electrons. The molecule has 0 fully saturated rings. The van der Waals surface area contributed by atoms with Gasteiger partial charge in [-0.15, -0.1) is 0 Å². The van der Waals surface area contributed by atoms with Crippen molar-refractivity contribution >= 4 is 5.91 Å². The molecule has 0 bridgehead atoms. The van der Waals surface area contributed by atoms with E-state index in [4.69, 9.17) is 14.0 Å². The van der Waals surface area contributed by atoms with E-state index >= 15 is 0 Å². The van der Waals surface area contributed by atoms with Gasteiger partial charge in [0.15, 0.2) is 11.5 Å². The van der Waals surface area contributed by atoms with Gasteiger partial charge >= 0.3 is 0 Å². The van der Waals surface area contributed by atoms with Crippen LogP contribution in [0.2, 0.25) is 0 Å². The third kappa shape index (κ3) is 2.69. The number of nitrogens with one attached hydrogen (secondary N) is 1. The minimum Gasteiger partial charge on any atom is -0.454 e. The second kappa shape index (κ2) is 5.47. The molecule has 1 aromatic carbocycles. The zero-order valence-corrected chi connectivity index (χ0v) is 11.9. The smallest absolute Gasteiger partial charge is 0.256 e. The zero-order chi connectivity index (χ0) is 14.8. The van der Waals surface area contributed by atoms with Gasteiger partial charge in [-0.2, -0.15) is 0 Å². The quantitative estimate of drug-likeness (QED) is 0.931. The molecule has 0 spiro atoms. The summed E-state index contributed by atoms with van der Waals surface area (Å²) in [6.45, 7) is 4.28. The van der Waals surface area contributed by atoms with E-state index in [1.807, 2.05) is 18.2 Å². The predicted molar refractivity (Wildman–Crippen MR) is 74.6 cm³/mol. The normalized spacial score (nSPS) is 12.5. The Balaban J connectivity index is 1.58. The standard InChI is InChI=1S/C15H16N2O4/c1-9-14(10(2)21-17-9)15(18)16-6-5-11-3-4-12-13(7-11)20-8-19-12/h3-4,7H,5-6,8H2,1-2H3,(H,16,18). The first-order valence-electron chi connectivity index (χ1n) is 6.75. The topological polar surface area (TPSA) is 73.6 Å². The first kappa shape index (κ1) is 13.5. The number of rotatable bonds is 4. The summed E-state index contributed by atoms with van der Waals surface area (Å²) in [4.78, 5) is 12.1. The van der Waals surface area contributed by atoms with Crippen molar-refractivity contribution in [1.29, 1.82) is 0 Å². The van der Waals surface area contributed by atoms with Crippen molar-refractivity contribution in [3.63, 3.8) is 0 Å². The van der Waals surface area contributed by atoms with E-state index in [1.165, 1.54) is 0 Å². The van der Waals surface area contributed by atoms with Gasteiger partial charge in [-0.3, -0.25) is 4.79 Å². The van der Waals surface area contributed by atoms with E-state index in [1.54, 1.807) is 13.8 Å². The van der Waals surface area contributed by atoms with Crippen LogP contribution < -0.4 is 14.8 Å². The van der Waals surface area contributed by atoms with E-state index in [0.29, 0.717) is 30.0 Å². The van der Waals surface area contributed by atoms with Gasteiger partial charge in [0.2, 0.25) is 6.79 Å². The van der Waals surface area contributed by atoms with Crippen molar-refractivity contribution in [2.75, 3.05) is 13.3 Å². The molecule has 0 radical (unpaired) electrons. The number of amides is 1. The highest BCUT2D eigenvalue weighted by Gasteiger charge is 2.17. The Morgan fingerprint density at radius 1 is 1.29 bits per heavy atom. The molecular weight excluding hydrogens is 272 g/mol. The second-order valence-corrected chi connectivity index (χ2v) is 4.89. The highest BCUT2D eigenvalue weighted by atomic mass is 16.7. The van der Waals surface area contributed by atoms with Crippen LogP contribution in [-0.4, -0.2) is 24.4 Å². The average molecular weight is 288 g/mol. The number of carbonyl (C=O) groups is 1. The summed E-state index contributed by atoms with van der Waals surface area (Å²) in [6, 6.07) is 5.79. The molecule has 1 aromatic heterocycles. The van der Waals surface area contributed by atoms with Gasteiger partial charge in [-0.25, -0.2) is 0 Å². The van der Waals surface area contributed by atoms with Gasteiger partial charge in [0, 0.05) is 6.54 Å². The highest BCUT2D eigenvalue weighted by molar-refractivity contribution is 5.96. The van der Waals surface area contributed by atoms with Crippen LogP contribution in [0.4, 0.5) is 0 Å². The van der Waals surface area contributed by atoms with Crippen LogP contribution >= 0.6 is 0 Å². The third-order valence-corrected chi connectivity index (χ3v) is 3.40. The molecule has 1 aliphatic heterocycles. The van der Waals surface area contributed by atoms with E-state index in [0.717, 1.165) is 17.1 Å². The minimum atomic E-state index is -0.160. The van der Waals surface area contributed by atoms with Crippen molar-refractivity contribution in [2.45, 2.75) is 20.3 Å². The summed E-state index contributed by atoms with van der Waals surface area (Å²) < 4.78 is 15.6. The largest absolute Gasteiger partial charge is 0.454 e. The number of ether oxygens (including phenoxy) is 2. The van der Waals surface area contributed by atoms with Crippen molar-refractivity contribution < 1.29 is 18.8 Å². The Hall–Kier alpha value is -2.50. The molecule has 6 heteroatoms. The number of aromatic nitrogens is 1.